The number of hydrogen-bond acceptors (Lipinski definition) is 12. The molecule has 62 heavy (non-hydrogen) atoms. The van der Waals surface area contributed by atoms with Gasteiger partial charge in [0.2, 0.25) is 31.9 Å². The summed E-state index contributed by atoms with van der Waals surface area (Å²) in [5.74, 6) is -1.86. The maximum atomic E-state index is 13.9. The summed E-state index contributed by atoms with van der Waals surface area (Å²) in [5, 5.41) is 16.9. The molecule has 0 bridgehead atoms. The smallest absolute Gasteiger partial charge is 0.239 e. The highest BCUT2D eigenvalue weighted by atomic mass is 32.2. The van der Waals surface area contributed by atoms with Crippen LogP contribution in [0.25, 0.3) is 22.5 Å². The molecule has 8 atom stereocenters. The normalized spacial score (nSPS) is 25.3. The standard InChI is InChI=1S/C40H52F2N12O6S2/c1-61(57,58)53-21-27(19-49-23-33(45-47-49)25-7-11-29(41)12-8-25)37-35(53)15-17-51(37)39(55)31(43)5-3-4-6-32(44)40(56)52-18-16-36-38(52)28(22-54(36)62(2,59)60)20-50-24-34(46-48-50)26-9-13-30(42)14-10-26/h7-14,23-24,27-28,31-32,35-38H,3-6,15-22,43-44H2,1-2H3/t27-,28-,31?,32?,35+,36+,37+,38+/m0/s1. The molecule has 22 heteroatoms. The predicted octanol–water partition coefficient (Wildman–Crippen LogP) is 1.12. The van der Waals surface area contributed by atoms with Gasteiger partial charge in [0, 0.05) is 74.3 Å². The van der Waals surface area contributed by atoms with Crippen LogP contribution < -0.4 is 11.5 Å². The van der Waals surface area contributed by atoms with E-state index >= 15 is 0 Å². The lowest BCUT2D eigenvalue weighted by Crippen LogP contribution is -2.50. The van der Waals surface area contributed by atoms with Crippen molar-refractivity contribution in [3.8, 4) is 22.5 Å². The minimum atomic E-state index is -3.58. The summed E-state index contributed by atoms with van der Waals surface area (Å²) >= 11 is 0. The summed E-state index contributed by atoms with van der Waals surface area (Å²) in [6.07, 6.45) is 8.41. The third-order valence-corrected chi connectivity index (χ3v) is 15.5. The van der Waals surface area contributed by atoms with E-state index in [0.29, 0.717) is 87.2 Å². The number of nitrogens with zero attached hydrogens (tertiary/aromatic N) is 10. The maximum Gasteiger partial charge on any atom is 0.239 e. The van der Waals surface area contributed by atoms with Crippen LogP contribution >= 0.6 is 0 Å². The molecule has 2 unspecified atom stereocenters. The van der Waals surface area contributed by atoms with Crippen LogP contribution in [0.2, 0.25) is 0 Å². The van der Waals surface area contributed by atoms with Crippen molar-refractivity contribution in [2.75, 3.05) is 38.7 Å². The highest BCUT2D eigenvalue weighted by molar-refractivity contribution is 7.88. The Hall–Kier alpha value is -4.74. The number of carbonyl (C=O) groups is 2. The van der Waals surface area contributed by atoms with Crippen molar-refractivity contribution in [1.29, 1.82) is 0 Å². The van der Waals surface area contributed by atoms with Crippen molar-refractivity contribution in [3.05, 3.63) is 72.6 Å². The molecule has 0 saturated carbocycles. The van der Waals surface area contributed by atoms with Gasteiger partial charge < -0.3 is 21.3 Å². The summed E-state index contributed by atoms with van der Waals surface area (Å²) in [7, 11) is -7.16. The Labute approximate surface area is 359 Å². The maximum absolute atomic E-state index is 13.9. The van der Waals surface area contributed by atoms with E-state index in [0.717, 1.165) is 0 Å². The highest BCUT2D eigenvalue weighted by Gasteiger charge is 2.54. The van der Waals surface area contributed by atoms with Gasteiger partial charge in [-0.05, 0) is 74.2 Å². The van der Waals surface area contributed by atoms with Gasteiger partial charge in [-0.1, -0.05) is 23.3 Å². The third kappa shape index (κ3) is 9.03. The van der Waals surface area contributed by atoms with Crippen molar-refractivity contribution < 1.29 is 35.2 Å². The van der Waals surface area contributed by atoms with Gasteiger partial charge in [-0.15, -0.1) is 10.2 Å². The molecule has 2 aromatic heterocycles. The Morgan fingerprint density at radius 2 is 1.03 bits per heavy atom. The number of amides is 2. The zero-order valence-electron chi connectivity index (χ0n) is 34.5. The zero-order valence-corrected chi connectivity index (χ0v) is 36.2. The minimum absolute atomic E-state index is 0.204. The van der Waals surface area contributed by atoms with Crippen LogP contribution in [0.5, 0.6) is 0 Å². The van der Waals surface area contributed by atoms with Gasteiger partial charge in [0.15, 0.2) is 0 Å². The van der Waals surface area contributed by atoms with Crippen LogP contribution in [0.4, 0.5) is 8.78 Å². The monoisotopic (exact) mass is 898 g/mol. The Morgan fingerprint density at radius 1 is 0.661 bits per heavy atom. The van der Waals surface area contributed by atoms with Gasteiger partial charge in [-0.3, -0.25) is 19.0 Å². The number of nitrogens with two attached hydrogens (primary N) is 2. The van der Waals surface area contributed by atoms with Gasteiger partial charge >= 0.3 is 0 Å². The molecule has 4 aliphatic heterocycles. The lowest BCUT2D eigenvalue weighted by atomic mass is 9.97. The van der Waals surface area contributed by atoms with E-state index in [1.807, 2.05) is 0 Å². The molecule has 0 radical (unpaired) electrons. The van der Waals surface area contributed by atoms with Gasteiger partial charge in [-0.25, -0.2) is 25.6 Å². The van der Waals surface area contributed by atoms with Crippen molar-refractivity contribution in [3.63, 3.8) is 0 Å². The molecular formula is C40H52F2N12O6S2. The first-order chi connectivity index (χ1) is 29.5. The molecule has 2 aromatic carbocycles. The number of rotatable bonds is 15. The topological polar surface area (TPSA) is 229 Å². The predicted molar refractivity (Wildman–Crippen MR) is 223 cm³/mol. The molecule has 2 amide bonds. The minimum Gasteiger partial charge on any atom is -0.336 e. The molecule has 8 rings (SSSR count). The number of likely N-dealkylation sites (tertiary alicyclic amines) is 2. The fraction of sp³-hybridized carbons (Fsp3) is 0.550. The molecule has 18 nitrogen and oxygen atoms in total. The van der Waals surface area contributed by atoms with Gasteiger partial charge in [-0.2, -0.15) is 8.61 Å². The number of fused-ring (bicyclic) bond motifs is 2. The quantitative estimate of drug-likeness (QED) is 0.160. The molecular weight excluding hydrogens is 847 g/mol. The average Bonchev–Trinajstić information content (AvgIpc) is 4.08. The van der Waals surface area contributed by atoms with E-state index in [1.165, 1.54) is 45.4 Å². The third-order valence-electron chi connectivity index (χ3n) is 12.9. The summed E-state index contributed by atoms with van der Waals surface area (Å²) in [6.45, 7) is 1.71. The first-order valence-corrected chi connectivity index (χ1v) is 24.5. The number of halogens is 2. The number of aromatic nitrogens is 6. The summed E-state index contributed by atoms with van der Waals surface area (Å²) < 4.78 is 84.6. The van der Waals surface area contributed by atoms with Crippen LogP contribution in [0, 0.1) is 23.5 Å². The van der Waals surface area contributed by atoms with Crippen molar-refractivity contribution >= 4 is 31.9 Å². The summed E-state index contributed by atoms with van der Waals surface area (Å²) in [4.78, 5) is 31.3. The second-order valence-corrected chi connectivity index (χ2v) is 21.0. The van der Waals surface area contributed by atoms with Gasteiger partial charge in [0.05, 0.1) is 49.1 Å². The van der Waals surface area contributed by atoms with Crippen LogP contribution in [0.15, 0.2) is 60.9 Å². The molecule has 4 fully saturated rings. The number of unbranched alkanes of at least 4 members (excludes halogenated alkanes) is 1. The summed E-state index contributed by atoms with van der Waals surface area (Å²) in [6, 6.07) is 8.39. The average molecular weight is 899 g/mol. The second kappa shape index (κ2) is 17.4. The van der Waals surface area contributed by atoms with E-state index in [1.54, 1.807) is 55.8 Å². The number of carbonyl (C=O) groups excluding carboxylic acids is 2. The lowest BCUT2D eigenvalue weighted by molar-refractivity contribution is -0.135. The van der Waals surface area contributed by atoms with E-state index < -0.39 is 56.3 Å². The van der Waals surface area contributed by atoms with E-state index in [4.69, 9.17) is 11.5 Å². The Morgan fingerprint density at radius 3 is 1.39 bits per heavy atom. The first-order valence-electron chi connectivity index (χ1n) is 20.8. The van der Waals surface area contributed by atoms with E-state index in [-0.39, 0.29) is 48.4 Å². The Kier molecular flexibility index (Phi) is 12.3. The Bertz CT molecular complexity index is 2320. The molecule has 0 spiro atoms. The number of hydrogen-bond donors (Lipinski definition) is 2. The lowest BCUT2D eigenvalue weighted by Gasteiger charge is -2.31. The molecule has 6 heterocycles. The van der Waals surface area contributed by atoms with Crippen molar-refractivity contribution in [2.45, 2.75) is 87.9 Å². The van der Waals surface area contributed by atoms with Crippen molar-refractivity contribution in [1.82, 2.24) is 48.4 Å². The molecule has 4 N–H and O–H groups in total. The van der Waals surface area contributed by atoms with Crippen LogP contribution in [-0.2, 0) is 42.7 Å². The van der Waals surface area contributed by atoms with Crippen LogP contribution in [-0.4, -0.2) is 152 Å². The van der Waals surface area contributed by atoms with Gasteiger partial charge in [0.25, 0.3) is 0 Å². The zero-order chi connectivity index (χ0) is 44.1. The fourth-order valence-electron chi connectivity index (χ4n) is 10.1. The Balaban J connectivity index is 0.865. The van der Waals surface area contributed by atoms with E-state index in [9.17, 15) is 35.2 Å². The molecule has 4 aromatic rings. The van der Waals surface area contributed by atoms with Crippen molar-refractivity contribution in [2.24, 2.45) is 23.3 Å². The molecule has 334 valence electrons. The van der Waals surface area contributed by atoms with Crippen LogP contribution in [0.1, 0.15) is 38.5 Å². The molecule has 4 saturated heterocycles. The van der Waals surface area contributed by atoms with Crippen LogP contribution in [0.3, 0.4) is 0 Å². The fourth-order valence-corrected chi connectivity index (χ4v) is 12.5. The first kappa shape index (κ1) is 43.9. The largest absolute Gasteiger partial charge is 0.336 e. The highest BCUT2D eigenvalue weighted by Crippen LogP contribution is 2.40. The SMILES string of the molecule is CS(=O)(=O)N1C[C@H](Cn2cc(-c3ccc(F)cc3)nn2)[C@@H]2[C@H]1CCN2C(=O)C(N)CCCCC(N)C(=O)N1CC[C@@H]2[C@H]1[C@@H](Cn1cc(-c3ccc(F)cc3)nn1)CN2S(C)(=O)=O. The molecule has 4 aliphatic rings. The van der Waals surface area contributed by atoms with Gasteiger partial charge in [0.1, 0.15) is 23.0 Å². The number of sulfonamides is 2. The van der Waals surface area contributed by atoms with E-state index in [2.05, 4.69) is 20.6 Å². The summed E-state index contributed by atoms with van der Waals surface area (Å²) in [5.41, 5.74) is 15.5. The second-order valence-electron chi connectivity index (χ2n) is 17.1. The molecule has 0 aliphatic carbocycles. The number of benzene rings is 2.